The summed E-state index contributed by atoms with van der Waals surface area (Å²) < 4.78 is 12.2. The predicted molar refractivity (Wildman–Crippen MR) is 132 cm³/mol. The second-order valence-electron chi connectivity index (χ2n) is 9.49. The maximum Gasteiger partial charge on any atom is 0.410 e. The summed E-state index contributed by atoms with van der Waals surface area (Å²) in [5.41, 5.74) is 1.62. The molecular weight excluding hydrogens is 436 g/mol. The molecule has 2 aromatic rings. The average Bonchev–Trinajstić information content (AvgIpc) is 3.24. The monoisotopic (exact) mass is 474 g/mol. The van der Waals surface area contributed by atoms with Crippen molar-refractivity contribution in [3.05, 3.63) is 27.9 Å². The number of fused-ring (bicyclic) bond motifs is 1. The van der Waals surface area contributed by atoms with Crippen LogP contribution < -0.4 is 10.5 Å². The summed E-state index contributed by atoms with van der Waals surface area (Å²) >= 11 is 0. The third-order valence-electron chi connectivity index (χ3n) is 5.39. The van der Waals surface area contributed by atoms with Crippen molar-refractivity contribution < 1.29 is 14.3 Å². The Morgan fingerprint density at radius 3 is 2.38 bits per heavy atom. The second kappa shape index (κ2) is 11.0. The van der Waals surface area contributed by atoms with E-state index in [4.69, 9.17) is 9.47 Å². The van der Waals surface area contributed by atoms with Crippen molar-refractivity contribution in [1.82, 2.24) is 24.5 Å². The van der Waals surface area contributed by atoms with Gasteiger partial charge in [-0.2, -0.15) is 9.50 Å². The first-order chi connectivity index (χ1) is 16.2. The zero-order valence-corrected chi connectivity index (χ0v) is 21.3. The number of aromatic amines is 1. The van der Waals surface area contributed by atoms with Gasteiger partial charge >= 0.3 is 6.09 Å². The van der Waals surface area contributed by atoms with Crippen molar-refractivity contribution in [2.45, 2.75) is 66.4 Å². The molecular formula is C24H38N6O4. The lowest BCUT2D eigenvalue weighted by Crippen LogP contribution is -2.51. The van der Waals surface area contributed by atoms with Gasteiger partial charge in [0, 0.05) is 26.2 Å². The summed E-state index contributed by atoms with van der Waals surface area (Å²) in [6.07, 6.45) is 4.26. The van der Waals surface area contributed by atoms with Crippen molar-refractivity contribution in [3.8, 4) is 0 Å². The van der Waals surface area contributed by atoms with E-state index < -0.39 is 5.60 Å². The highest BCUT2D eigenvalue weighted by Gasteiger charge is 2.29. The highest BCUT2D eigenvalue weighted by Crippen LogP contribution is 2.21. The number of anilines is 1. The largest absolute Gasteiger partial charge is 0.444 e. The van der Waals surface area contributed by atoms with Gasteiger partial charge < -0.3 is 19.3 Å². The Labute approximate surface area is 200 Å². The summed E-state index contributed by atoms with van der Waals surface area (Å²) in [5, 5.41) is 3.11. The van der Waals surface area contributed by atoms with Crippen LogP contribution in [0.3, 0.4) is 0 Å². The van der Waals surface area contributed by atoms with Crippen LogP contribution in [0, 0.1) is 0 Å². The van der Waals surface area contributed by atoms with Gasteiger partial charge in [-0.15, -0.1) is 0 Å². The lowest BCUT2D eigenvalue weighted by Gasteiger charge is -2.36. The van der Waals surface area contributed by atoms with Gasteiger partial charge in [-0.05, 0) is 39.2 Å². The van der Waals surface area contributed by atoms with Crippen molar-refractivity contribution >= 4 is 23.1 Å². The van der Waals surface area contributed by atoms with E-state index in [2.05, 4.69) is 28.9 Å². The van der Waals surface area contributed by atoms with Gasteiger partial charge in [0.05, 0.1) is 18.9 Å². The van der Waals surface area contributed by atoms with Crippen LogP contribution >= 0.6 is 0 Å². The quantitative estimate of drug-likeness (QED) is 0.728. The zero-order valence-electron chi connectivity index (χ0n) is 21.3. The molecule has 0 spiro atoms. The molecule has 2 aliphatic rings. The molecule has 1 fully saturated rings. The van der Waals surface area contributed by atoms with Crippen molar-refractivity contribution in [2.75, 3.05) is 44.3 Å². The van der Waals surface area contributed by atoms with E-state index in [0.29, 0.717) is 63.1 Å². The highest BCUT2D eigenvalue weighted by molar-refractivity contribution is 5.69. The molecule has 2 aliphatic heterocycles. The SMILES string of the molecule is CCC.CCc1nc2nc(C3=CCOCC3)[nH]n2c(=O)c1N1CCN(C(=O)OC(C)(C)C)CC1. The number of amides is 1. The minimum Gasteiger partial charge on any atom is -0.444 e. The van der Waals surface area contributed by atoms with Gasteiger partial charge in [0.25, 0.3) is 11.3 Å². The molecule has 0 saturated carbocycles. The fourth-order valence-corrected chi connectivity index (χ4v) is 3.84. The second-order valence-corrected chi connectivity index (χ2v) is 9.49. The van der Waals surface area contributed by atoms with Crippen molar-refractivity contribution in [1.29, 1.82) is 0 Å². The molecule has 34 heavy (non-hydrogen) atoms. The third kappa shape index (κ3) is 5.97. The number of rotatable bonds is 3. The Bertz CT molecular complexity index is 1070. The number of aryl methyl sites for hydroxylation is 1. The lowest BCUT2D eigenvalue weighted by atomic mass is 10.1. The van der Waals surface area contributed by atoms with E-state index in [9.17, 15) is 9.59 Å². The van der Waals surface area contributed by atoms with Crippen LogP contribution in [0.15, 0.2) is 10.9 Å². The summed E-state index contributed by atoms with van der Waals surface area (Å²) in [6.45, 7) is 15.0. The van der Waals surface area contributed by atoms with Crippen LogP contribution in [-0.2, 0) is 15.9 Å². The molecule has 10 nitrogen and oxygen atoms in total. The smallest absolute Gasteiger partial charge is 0.410 e. The summed E-state index contributed by atoms with van der Waals surface area (Å²) in [7, 11) is 0. The Kier molecular flexibility index (Phi) is 8.35. The molecule has 0 radical (unpaired) electrons. The molecule has 4 heterocycles. The van der Waals surface area contributed by atoms with E-state index in [-0.39, 0.29) is 11.7 Å². The van der Waals surface area contributed by atoms with Crippen LogP contribution in [-0.4, -0.2) is 75.6 Å². The van der Waals surface area contributed by atoms with E-state index >= 15 is 0 Å². The standard InChI is InChI=1S/C21H30N6O4.C3H8/c1-5-15-16(25-8-10-26(11-9-25)20(29)31-21(2,3)4)18(28)27-19(22-15)23-17(24-27)14-6-12-30-13-7-14;1-3-2/h6H,5,7-13H2,1-4H3,(H,22,23,24);3H2,1-2H3. The van der Waals surface area contributed by atoms with Crippen LogP contribution in [0.25, 0.3) is 11.4 Å². The van der Waals surface area contributed by atoms with Gasteiger partial charge in [-0.1, -0.05) is 33.3 Å². The first kappa shape index (κ1) is 25.7. The lowest BCUT2D eigenvalue weighted by molar-refractivity contribution is 0.0240. The number of hydrogen-bond donors (Lipinski definition) is 1. The molecule has 0 aromatic carbocycles. The van der Waals surface area contributed by atoms with Crippen molar-refractivity contribution in [2.24, 2.45) is 0 Å². The third-order valence-corrected chi connectivity index (χ3v) is 5.39. The minimum absolute atomic E-state index is 0.168. The number of nitrogens with one attached hydrogen (secondary N) is 1. The van der Waals surface area contributed by atoms with Gasteiger partial charge in [-0.3, -0.25) is 9.89 Å². The molecule has 1 amide bonds. The predicted octanol–water partition coefficient (Wildman–Crippen LogP) is 3.26. The van der Waals surface area contributed by atoms with E-state index in [1.165, 1.54) is 10.9 Å². The number of piperazine rings is 1. The molecule has 10 heteroatoms. The van der Waals surface area contributed by atoms with Gasteiger partial charge in [-0.25, -0.2) is 9.78 Å². The minimum atomic E-state index is -0.532. The van der Waals surface area contributed by atoms with Crippen LogP contribution in [0.5, 0.6) is 0 Å². The summed E-state index contributed by atoms with van der Waals surface area (Å²) in [4.78, 5) is 38.6. The number of aromatic nitrogens is 4. The molecule has 0 bridgehead atoms. The van der Waals surface area contributed by atoms with Gasteiger partial charge in [0.2, 0.25) is 0 Å². The molecule has 2 aromatic heterocycles. The highest BCUT2D eigenvalue weighted by atomic mass is 16.6. The van der Waals surface area contributed by atoms with E-state index in [0.717, 1.165) is 17.7 Å². The maximum absolute atomic E-state index is 13.4. The fraction of sp³-hybridized carbons (Fsp3) is 0.667. The summed E-state index contributed by atoms with van der Waals surface area (Å²) in [5.74, 6) is 1.03. The molecule has 0 aliphatic carbocycles. The Balaban J connectivity index is 0.00000103. The Morgan fingerprint density at radius 2 is 1.82 bits per heavy atom. The number of nitrogens with zero attached hydrogens (tertiary/aromatic N) is 5. The fourth-order valence-electron chi connectivity index (χ4n) is 3.84. The average molecular weight is 475 g/mol. The topological polar surface area (TPSA) is 105 Å². The van der Waals surface area contributed by atoms with Crippen LogP contribution in [0.2, 0.25) is 0 Å². The molecule has 0 atom stereocenters. The van der Waals surface area contributed by atoms with E-state index in [1.54, 1.807) is 4.90 Å². The van der Waals surface area contributed by atoms with Crippen LogP contribution in [0.1, 0.15) is 65.9 Å². The van der Waals surface area contributed by atoms with Gasteiger partial charge in [0.15, 0.2) is 5.82 Å². The van der Waals surface area contributed by atoms with Crippen LogP contribution in [0.4, 0.5) is 10.5 Å². The first-order valence-corrected chi connectivity index (χ1v) is 12.2. The number of carbonyl (C=O) groups excluding carboxylic acids is 1. The van der Waals surface area contributed by atoms with E-state index in [1.807, 2.05) is 38.7 Å². The molecule has 1 N–H and O–H groups in total. The maximum atomic E-state index is 13.4. The number of carbonyl (C=O) groups is 1. The molecule has 4 rings (SSSR count). The zero-order chi connectivity index (χ0) is 24.9. The molecule has 0 unspecified atom stereocenters. The first-order valence-electron chi connectivity index (χ1n) is 12.2. The normalized spacial score (nSPS) is 16.7. The Morgan fingerprint density at radius 1 is 1.15 bits per heavy atom. The molecule has 1 saturated heterocycles. The molecule has 188 valence electrons. The van der Waals surface area contributed by atoms with Crippen molar-refractivity contribution in [3.63, 3.8) is 0 Å². The number of ether oxygens (including phenoxy) is 2. The summed E-state index contributed by atoms with van der Waals surface area (Å²) in [6, 6.07) is 0. The number of H-pyrrole nitrogens is 1. The number of hydrogen-bond acceptors (Lipinski definition) is 7. The van der Waals surface area contributed by atoms with Gasteiger partial charge in [0.1, 0.15) is 11.3 Å². The Hall–Kier alpha value is -2.88.